The van der Waals surface area contributed by atoms with Crippen LogP contribution in [0.25, 0.3) is 0 Å². The van der Waals surface area contributed by atoms with Gasteiger partial charge in [0.25, 0.3) is 10.9 Å². The predicted octanol–water partition coefficient (Wildman–Crippen LogP) is 2.44. The Labute approximate surface area is 83.4 Å². The largest absolute Gasteiger partial charge is 0.276 e. The molecule has 0 aromatic heterocycles. The molecule has 0 heterocycles. The molecule has 0 aliphatic rings. The maximum absolute atomic E-state index is 12.3. The molecule has 1 rings (SSSR count). The van der Waals surface area contributed by atoms with Crippen LogP contribution < -0.4 is 0 Å². The van der Waals surface area contributed by atoms with Gasteiger partial charge in [-0.1, -0.05) is 0 Å². The molecule has 0 amide bonds. The summed E-state index contributed by atoms with van der Waals surface area (Å²) in [7, 11) is 0. The number of rotatable bonds is 3. The highest BCUT2D eigenvalue weighted by atomic mass is 35.5. The van der Waals surface area contributed by atoms with Crippen LogP contribution in [0.2, 0.25) is 0 Å². The van der Waals surface area contributed by atoms with Gasteiger partial charge in [-0.05, 0) is 23.7 Å². The lowest BCUT2D eigenvalue weighted by Crippen LogP contribution is -1.97. The highest BCUT2D eigenvalue weighted by molar-refractivity contribution is 6.67. The third-order valence-electron chi connectivity index (χ3n) is 1.65. The molecule has 0 radical (unpaired) electrons. The van der Waals surface area contributed by atoms with Crippen molar-refractivity contribution in [1.82, 2.24) is 0 Å². The lowest BCUT2D eigenvalue weighted by molar-refractivity contribution is -0.385. The number of carbonyl (C=O) groups excluding carboxylic acids is 1. The Morgan fingerprint density at radius 1 is 1.57 bits per heavy atom. The summed E-state index contributed by atoms with van der Waals surface area (Å²) in [5.74, 6) is 0. The Morgan fingerprint density at radius 2 is 2.21 bits per heavy atom. The zero-order chi connectivity index (χ0) is 10.7. The van der Waals surface area contributed by atoms with E-state index in [0.717, 1.165) is 6.07 Å². The van der Waals surface area contributed by atoms with Crippen molar-refractivity contribution in [3.63, 3.8) is 0 Å². The molecule has 14 heavy (non-hydrogen) atoms. The van der Waals surface area contributed by atoms with E-state index in [2.05, 4.69) is 0 Å². The second-order valence-corrected chi connectivity index (χ2v) is 2.85. The van der Waals surface area contributed by atoms with Gasteiger partial charge in [0.1, 0.15) is 6.67 Å². The van der Waals surface area contributed by atoms with E-state index < -0.39 is 22.5 Å². The van der Waals surface area contributed by atoms with E-state index >= 15 is 0 Å². The Balaban J connectivity index is 3.27. The summed E-state index contributed by atoms with van der Waals surface area (Å²) < 4.78 is 12.3. The molecule has 0 saturated heterocycles. The number of hydrogen-bond acceptors (Lipinski definition) is 3. The summed E-state index contributed by atoms with van der Waals surface area (Å²) in [6.07, 6.45) is 0. The van der Waals surface area contributed by atoms with Gasteiger partial charge in [0.2, 0.25) is 0 Å². The molecule has 0 saturated carbocycles. The topological polar surface area (TPSA) is 60.2 Å². The summed E-state index contributed by atoms with van der Waals surface area (Å²) in [5, 5.41) is 9.63. The van der Waals surface area contributed by atoms with Gasteiger partial charge in [-0.3, -0.25) is 14.9 Å². The number of nitro groups is 1. The standard InChI is InChI=1S/C8H5ClFNO3/c9-8(12)5-1-2-6(4-10)7(3-5)11(13)14/h1-3H,4H2/i10-1. The second-order valence-electron chi connectivity index (χ2n) is 2.51. The van der Waals surface area contributed by atoms with Crippen molar-refractivity contribution in [2.75, 3.05) is 0 Å². The Kier molecular flexibility index (Phi) is 3.14. The van der Waals surface area contributed by atoms with Gasteiger partial charge in [-0.25, -0.2) is 4.39 Å². The maximum Gasteiger partial charge on any atom is 0.276 e. The monoisotopic (exact) mass is 216 g/mol. The molecule has 0 spiro atoms. The van der Waals surface area contributed by atoms with Gasteiger partial charge in [0, 0.05) is 11.6 Å². The van der Waals surface area contributed by atoms with Gasteiger partial charge >= 0.3 is 0 Å². The molecule has 0 atom stereocenters. The number of benzene rings is 1. The minimum Gasteiger partial charge on any atom is -0.276 e. The molecule has 4 nitrogen and oxygen atoms in total. The molecule has 1 aromatic carbocycles. The molecule has 0 unspecified atom stereocenters. The van der Waals surface area contributed by atoms with E-state index in [1.54, 1.807) is 0 Å². The van der Waals surface area contributed by atoms with E-state index in [-0.39, 0.29) is 11.1 Å². The minimum absolute atomic E-state index is 0.0180. The van der Waals surface area contributed by atoms with E-state index in [0.29, 0.717) is 0 Å². The molecular formula is C8H5ClFNO3. The molecule has 6 heteroatoms. The summed E-state index contributed by atoms with van der Waals surface area (Å²) in [5.41, 5.74) is -0.522. The zero-order valence-electron chi connectivity index (χ0n) is 6.87. The lowest BCUT2D eigenvalue weighted by atomic mass is 10.1. The van der Waals surface area contributed by atoms with Crippen LogP contribution in [-0.4, -0.2) is 10.2 Å². The molecule has 1 aromatic rings. The first-order valence-electron chi connectivity index (χ1n) is 3.59. The van der Waals surface area contributed by atoms with Crippen molar-refractivity contribution in [2.45, 2.75) is 6.67 Å². The second kappa shape index (κ2) is 4.15. The first-order chi connectivity index (χ1) is 6.56. The van der Waals surface area contributed by atoms with Crippen LogP contribution in [0.4, 0.5) is 10.1 Å². The number of carbonyl (C=O) groups is 1. The molecular weight excluding hydrogens is 212 g/mol. The van der Waals surface area contributed by atoms with Crippen molar-refractivity contribution < 1.29 is 14.1 Å². The maximum atomic E-state index is 12.3. The quantitative estimate of drug-likeness (QED) is 0.443. The Morgan fingerprint density at radius 3 is 2.64 bits per heavy atom. The number of halogens is 2. The minimum atomic E-state index is -0.951. The van der Waals surface area contributed by atoms with Gasteiger partial charge in [0.05, 0.1) is 10.5 Å². The summed E-state index contributed by atoms with van der Waals surface area (Å²) in [6.45, 7) is -0.951. The van der Waals surface area contributed by atoms with Crippen molar-refractivity contribution >= 4 is 22.5 Å². The van der Waals surface area contributed by atoms with Crippen LogP contribution in [-0.2, 0) is 6.67 Å². The fourth-order valence-electron chi connectivity index (χ4n) is 0.969. The predicted molar refractivity (Wildman–Crippen MR) is 48.1 cm³/mol. The molecule has 0 aliphatic heterocycles. The van der Waals surface area contributed by atoms with E-state index in [9.17, 15) is 19.3 Å². The third kappa shape index (κ3) is 2.05. The smallest absolute Gasteiger partial charge is 0.276 e. The number of nitrogens with zero attached hydrogens (tertiary/aromatic N) is 1. The normalized spacial score (nSPS) is 9.86. The number of nitro benzene ring substituents is 1. The van der Waals surface area contributed by atoms with Crippen molar-refractivity contribution in [1.29, 1.82) is 0 Å². The van der Waals surface area contributed by atoms with Crippen molar-refractivity contribution in [2.24, 2.45) is 0 Å². The van der Waals surface area contributed by atoms with Crippen LogP contribution >= 0.6 is 11.6 Å². The number of hydrogen-bond donors (Lipinski definition) is 0. The molecule has 74 valence electrons. The lowest BCUT2D eigenvalue weighted by Gasteiger charge is -1.99. The first-order valence-corrected chi connectivity index (χ1v) is 3.97. The fourth-order valence-corrected chi connectivity index (χ4v) is 1.09. The average Bonchev–Trinajstić information content (AvgIpc) is 2.16. The third-order valence-corrected chi connectivity index (χ3v) is 1.87. The highest BCUT2D eigenvalue weighted by Gasteiger charge is 2.16. The van der Waals surface area contributed by atoms with Crippen LogP contribution in [0.5, 0.6) is 0 Å². The summed E-state index contributed by atoms with van der Waals surface area (Å²) in [6, 6.07) is 3.38. The van der Waals surface area contributed by atoms with Crippen LogP contribution in [0.15, 0.2) is 18.2 Å². The van der Waals surface area contributed by atoms with E-state index in [1.165, 1.54) is 12.1 Å². The van der Waals surface area contributed by atoms with Crippen molar-refractivity contribution in [3.8, 4) is 0 Å². The van der Waals surface area contributed by atoms with Crippen LogP contribution in [0.3, 0.4) is 0 Å². The van der Waals surface area contributed by atoms with Crippen molar-refractivity contribution in [3.05, 3.63) is 39.4 Å². The summed E-state index contributed by atoms with van der Waals surface area (Å²) in [4.78, 5) is 20.4. The average molecular weight is 217 g/mol. The van der Waals surface area contributed by atoms with Gasteiger partial charge in [0.15, 0.2) is 0 Å². The van der Waals surface area contributed by atoms with Crippen LogP contribution in [0.1, 0.15) is 15.9 Å². The first kappa shape index (κ1) is 10.6. The molecule has 0 aliphatic carbocycles. The van der Waals surface area contributed by atoms with E-state index in [4.69, 9.17) is 11.6 Å². The summed E-state index contributed by atoms with van der Waals surface area (Å²) >= 11 is 5.12. The number of alkyl halides is 1. The zero-order valence-corrected chi connectivity index (χ0v) is 7.62. The van der Waals surface area contributed by atoms with Gasteiger partial charge in [-0.2, -0.15) is 0 Å². The van der Waals surface area contributed by atoms with Crippen LogP contribution in [0, 0.1) is 10.1 Å². The molecule has 0 fully saturated rings. The van der Waals surface area contributed by atoms with Gasteiger partial charge < -0.3 is 0 Å². The SMILES string of the molecule is O=C(Cl)c1ccc(C[18F])c([N+](=O)[O-])c1. The Bertz CT molecular complexity index is 394. The van der Waals surface area contributed by atoms with E-state index in [1.807, 2.05) is 0 Å². The fraction of sp³-hybridized carbons (Fsp3) is 0.125. The molecule has 0 N–H and O–H groups in total. The molecule has 0 bridgehead atoms. The highest BCUT2D eigenvalue weighted by Crippen LogP contribution is 2.22. The Hall–Kier alpha value is -1.49. The van der Waals surface area contributed by atoms with Gasteiger partial charge in [-0.15, -0.1) is 0 Å².